The molecule has 188 valence electrons. The molecule has 4 aromatic rings. The standard InChI is InChI=1S/C30H28N2O5/c1-19-7-9-20(10-8-19)30(34)32-12-11-27-23(18-32)16-28(37-27)21-5-4-6-24(13-21)31-29(33)22-14-25(35-2)17-26(15-22)36-3/h4-10,13-17H,11-12,18H2,1-3H3,(H,31,33). The summed E-state index contributed by atoms with van der Waals surface area (Å²) in [6.07, 6.45) is 0.654. The van der Waals surface area contributed by atoms with Gasteiger partial charge in [-0.15, -0.1) is 0 Å². The summed E-state index contributed by atoms with van der Waals surface area (Å²) in [4.78, 5) is 27.7. The summed E-state index contributed by atoms with van der Waals surface area (Å²) in [5.74, 6) is 2.41. The van der Waals surface area contributed by atoms with Crippen molar-refractivity contribution in [3.8, 4) is 22.8 Å². The van der Waals surface area contributed by atoms with Crippen molar-refractivity contribution in [3.63, 3.8) is 0 Å². The number of ether oxygens (including phenoxy) is 2. The minimum Gasteiger partial charge on any atom is -0.497 e. The highest BCUT2D eigenvalue weighted by Crippen LogP contribution is 2.32. The van der Waals surface area contributed by atoms with Crippen molar-refractivity contribution in [2.24, 2.45) is 0 Å². The number of nitrogens with one attached hydrogen (secondary N) is 1. The Kier molecular flexibility index (Phi) is 6.68. The van der Waals surface area contributed by atoms with Crippen LogP contribution in [-0.2, 0) is 13.0 Å². The lowest BCUT2D eigenvalue weighted by atomic mass is 10.1. The van der Waals surface area contributed by atoms with Crippen LogP contribution in [-0.4, -0.2) is 37.5 Å². The molecule has 0 unspecified atom stereocenters. The van der Waals surface area contributed by atoms with E-state index in [1.165, 1.54) is 0 Å². The van der Waals surface area contributed by atoms with E-state index < -0.39 is 0 Å². The second kappa shape index (κ2) is 10.2. The number of benzene rings is 3. The molecular weight excluding hydrogens is 468 g/mol. The van der Waals surface area contributed by atoms with Crippen LogP contribution in [0.25, 0.3) is 11.3 Å². The van der Waals surface area contributed by atoms with Gasteiger partial charge in [0.05, 0.1) is 14.2 Å². The number of carbonyl (C=O) groups is 2. The highest BCUT2D eigenvalue weighted by atomic mass is 16.5. The summed E-state index contributed by atoms with van der Waals surface area (Å²) in [5, 5.41) is 2.93. The number of carbonyl (C=O) groups excluding carboxylic acids is 2. The molecule has 0 radical (unpaired) electrons. The van der Waals surface area contributed by atoms with Crippen molar-refractivity contribution in [1.29, 1.82) is 0 Å². The maximum Gasteiger partial charge on any atom is 0.255 e. The third-order valence-corrected chi connectivity index (χ3v) is 6.47. The van der Waals surface area contributed by atoms with Crippen molar-refractivity contribution in [3.05, 3.63) is 101 Å². The first-order valence-corrected chi connectivity index (χ1v) is 12.1. The molecule has 0 fully saturated rings. The molecule has 5 rings (SSSR count). The average Bonchev–Trinajstić information content (AvgIpc) is 3.36. The largest absolute Gasteiger partial charge is 0.497 e. The first-order chi connectivity index (χ1) is 17.9. The van der Waals surface area contributed by atoms with E-state index in [9.17, 15) is 9.59 Å². The smallest absolute Gasteiger partial charge is 0.255 e. The van der Waals surface area contributed by atoms with E-state index in [-0.39, 0.29) is 11.8 Å². The molecule has 7 nitrogen and oxygen atoms in total. The van der Waals surface area contributed by atoms with Crippen LogP contribution in [0.3, 0.4) is 0 Å². The first kappa shape index (κ1) is 24.2. The molecule has 2 amide bonds. The third kappa shape index (κ3) is 5.21. The van der Waals surface area contributed by atoms with Gasteiger partial charge in [-0.2, -0.15) is 0 Å². The maximum atomic E-state index is 13.0. The zero-order valence-electron chi connectivity index (χ0n) is 21.0. The topological polar surface area (TPSA) is 81.0 Å². The molecule has 0 bridgehead atoms. The van der Waals surface area contributed by atoms with Crippen LogP contribution >= 0.6 is 0 Å². The van der Waals surface area contributed by atoms with Gasteiger partial charge >= 0.3 is 0 Å². The summed E-state index contributed by atoms with van der Waals surface area (Å²) in [5.41, 5.74) is 4.71. The van der Waals surface area contributed by atoms with E-state index in [1.54, 1.807) is 32.4 Å². The van der Waals surface area contributed by atoms with E-state index in [1.807, 2.05) is 66.4 Å². The number of methoxy groups -OCH3 is 2. The first-order valence-electron chi connectivity index (χ1n) is 12.1. The number of anilines is 1. The zero-order chi connectivity index (χ0) is 25.9. The molecule has 0 atom stereocenters. The lowest BCUT2D eigenvalue weighted by Gasteiger charge is -2.26. The number of rotatable bonds is 6. The predicted molar refractivity (Wildman–Crippen MR) is 141 cm³/mol. The van der Waals surface area contributed by atoms with Gasteiger partial charge in [0, 0.05) is 53.5 Å². The summed E-state index contributed by atoms with van der Waals surface area (Å²) in [6, 6.07) is 22.2. The molecule has 0 saturated heterocycles. The van der Waals surface area contributed by atoms with E-state index >= 15 is 0 Å². The number of aryl methyl sites for hydroxylation is 1. The summed E-state index contributed by atoms with van der Waals surface area (Å²) >= 11 is 0. The average molecular weight is 497 g/mol. The molecule has 0 spiro atoms. The zero-order valence-corrected chi connectivity index (χ0v) is 21.0. The Bertz CT molecular complexity index is 1430. The second-order valence-electron chi connectivity index (χ2n) is 9.04. The highest BCUT2D eigenvalue weighted by molar-refractivity contribution is 6.05. The molecule has 1 aliphatic heterocycles. The van der Waals surface area contributed by atoms with Gasteiger partial charge in [0.1, 0.15) is 23.0 Å². The molecule has 0 saturated carbocycles. The lowest BCUT2D eigenvalue weighted by Crippen LogP contribution is -2.35. The molecule has 1 N–H and O–H groups in total. The Labute approximate surface area is 215 Å². The predicted octanol–water partition coefficient (Wildman–Crippen LogP) is 5.72. The quantitative estimate of drug-likeness (QED) is 0.369. The Morgan fingerprint density at radius 1 is 0.892 bits per heavy atom. The minimum absolute atomic E-state index is 0.0206. The molecule has 2 heterocycles. The number of fused-ring (bicyclic) bond motifs is 1. The van der Waals surface area contributed by atoms with Crippen molar-refractivity contribution in [2.75, 3.05) is 26.1 Å². The normalized spacial score (nSPS) is 12.6. The number of amides is 2. The van der Waals surface area contributed by atoms with Gasteiger partial charge in [-0.3, -0.25) is 9.59 Å². The SMILES string of the molecule is COc1cc(OC)cc(C(=O)Nc2cccc(-c3cc4c(o3)CCN(C(=O)c3ccc(C)cc3)C4)c2)c1. The molecule has 1 aliphatic rings. The van der Waals surface area contributed by atoms with Crippen LogP contribution in [0, 0.1) is 6.92 Å². The van der Waals surface area contributed by atoms with Gasteiger partial charge in [-0.1, -0.05) is 29.8 Å². The summed E-state index contributed by atoms with van der Waals surface area (Å²) < 4.78 is 16.7. The van der Waals surface area contributed by atoms with Crippen LogP contribution in [0.4, 0.5) is 5.69 Å². The van der Waals surface area contributed by atoms with Crippen molar-refractivity contribution >= 4 is 17.5 Å². The van der Waals surface area contributed by atoms with E-state index in [0.29, 0.717) is 53.6 Å². The molecule has 7 heteroatoms. The van der Waals surface area contributed by atoms with Gasteiger partial charge in [-0.25, -0.2) is 0 Å². The Morgan fingerprint density at radius 2 is 1.62 bits per heavy atom. The van der Waals surface area contributed by atoms with Crippen LogP contribution in [0.15, 0.2) is 77.2 Å². The van der Waals surface area contributed by atoms with Crippen molar-refractivity contribution in [2.45, 2.75) is 19.9 Å². The number of hydrogen-bond acceptors (Lipinski definition) is 5. The third-order valence-electron chi connectivity index (χ3n) is 6.47. The van der Waals surface area contributed by atoms with Crippen LogP contribution in [0.1, 0.15) is 37.6 Å². The fourth-order valence-corrected chi connectivity index (χ4v) is 4.42. The monoisotopic (exact) mass is 496 g/mol. The Hall–Kier alpha value is -4.52. The van der Waals surface area contributed by atoms with Crippen LogP contribution in [0.5, 0.6) is 11.5 Å². The summed E-state index contributed by atoms with van der Waals surface area (Å²) in [6.45, 7) is 3.11. The van der Waals surface area contributed by atoms with Crippen molar-refractivity contribution in [1.82, 2.24) is 4.90 Å². The van der Waals surface area contributed by atoms with E-state index in [4.69, 9.17) is 13.9 Å². The number of furan rings is 1. The van der Waals surface area contributed by atoms with Crippen LogP contribution in [0.2, 0.25) is 0 Å². The number of nitrogens with zero attached hydrogens (tertiary/aromatic N) is 1. The van der Waals surface area contributed by atoms with Gasteiger partial charge in [0.15, 0.2) is 0 Å². The van der Waals surface area contributed by atoms with Crippen molar-refractivity contribution < 1.29 is 23.5 Å². The Balaban J connectivity index is 1.32. The molecule has 1 aromatic heterocycles. The van der Waals surface area contributed by atoms with Crippen LogP contribution < -0.4 is 14.8 Å². The minimum atomic E-state index is -0.279. The fraction of sp³-hybridized carbons (Fsp3) is 0.200. The van der Waals surface area contributed by atoms with Gasteiger partial charge in [0.25, 0.3) is 11.8 Å². The highest BCUT2D eigenvalue weighted by Gasteiger charge is 2.25. The lowest BCUT2D eigenvalue weighted by molar-refractivity contribution is 0.0730. The van der Waals surface area contributed by atoms with Gasteiger partial charge in [-0.05, 0) is 49.4 Å². The fourth-order valence-electron chi connectivity index (χ4n) is 4.42. The molecular formula is C30H28N2O5. The van der Waals surface area contributed by atoms with Gasteiger partial charge < -0.3 is 24.1 Å². The number of hydrogen-bond donors (Lipinski definition) is 1. The molecule has 37 heavy (non-hydrogen) atoms. The second-order valence-corrected chi connectivity index (χ2v) is 9.04. The maximum absolute atomic E-state index is 13.0. The summed E-state index contributed by atoms with van der Waals surface area (Å²) in [7, 11) is 3.08. The van der Waals surface area contributed by atoms with E-state index in [2.05, 4.69) is 5.32 Å². The molecule has 0 aliphatic carbocycles. The van der Waals surface area contributed by atoms with Gasteiger partial charge in [0.2, 0.25) is 0 Å². The Morgan fingerprint density at radius 3 is 2.32 bits per heavy atom. The molecule has 3 aromatic carbocycles. The van der Waals surface area contributed by atoms with E-state index in [0.717, 1.165) is 22.5 Å².